The molecule has 122 valence electrons. The predicted molar refractivity (Wildman–Crippen MR) is 94.8 cm³/mol. The Kier molecular flexibility index (Phi) is 3.93. The van der Waals surface area contributed by atoms with E-state index in [1.165, 1.54) is 0 Å². The van der Waals surface area contributed by atoms with Crippen molar-refractivity contribution < 1.29 is 4.79 Å². The summed E-state index contributed by atoms with van der Waals surface area (Å²) in [4.78, 5) is 19.9. The van der Waals surface area contributed by atoms with E-state index in [0.717, 1.165) is 47.2 Å². The Hall–Kier alpha value is -2.41. The van der Waals surface area contributed by atoms with E-state index in [2.05, 4.69) is 36.3 Å². The number of aryl methyl sites for hydroxylation is 1. The zero-order valence-corrected chi connectivity index (χ0v) is 14.5. The van der Waals surface area contributed by atoms with E-state index >= 15 is 0 Å². The van der Waals surface area contributed by atoms with Crippen molar-refractivity contribution in [2.24, 2.45) is 0 Å². The van der Waals surface area contributed by atoms with Crippen LogP contribution in [0.25, 0.3) is 11.3 Å². The summed E-state index contributed by atoms with van der Waals surface area (Å²) in [6, 6.07) is 7.90. The Labute approximate surface area is 147 Å². The van der Waals surface area contributed by atoms with Gasteiger partial charge in [-0.15, -0.1) is 0 Å². The molecule has 0 radical (unpaired) electrons. The number of imidazole rings is 1. The molecular weight excluding hydrogens is 370 g/mol. The van der Waals surface area contributed by atoms with Gasteiger partial charge in [0.1, 0.15) is 0 Å². The van der Waals surface area contributed by atoms with Crippen LogP contribution in [-0.2, 0) is 13.0 Å². The Morgan fingerprint density at radius 1 is 1.29 bits per heavy atom. The van der Waals surface area contributed by atoms with Gasteiger partial charge in [0.25, 0.3) is 5.91 Å². The average molecular weight is 386 g/mol. The van der Waals surface area contributed by atoms with Gasteiger partial charge in [0, 0.05) is 16.6 Å². The number of fused-ring (bicyclic) bond motifs is 1. The molecule has 0 atom stereocenters. The number of anilines is 1. The molecule has 0 fully saturated rings. The molecule has 2 aromatic heterocycles. The Morgan fingerprint density at radius 3 is 3.08 bits per heavy atom. The molecule has 6 nitrogen and oxygen atoms in total. The zero-order chi connectivity index (χ0) is 16.5. The number of benzene rings is 1. The lowest BCUT2D eigenvalue weighted by atomic mass is 10.1. The third kappa shape index (κ3) is 2.87. The number of nitrogens with zero attached hydrogens (tertiary/aromatic N) is 3. The molecule has 1 aliphatic rings. The number of aromatic amines is 1. The van der Waals surface area contributed by atoms with Gasteiger partial charge in [-0.3, -0.25) is 14.8 Å². The van der Waals surface area contributed by atoms with Crippen LogP contribution in [-0.4, -0.2) is 25.7 Å². The first-order valence-electron chi connectivity index (χ1n) is 7.88. The molecule has 24 heavy (non-hydrogen) atoms. The number of carbonyl (C=O) groups excluding carboxylic acids is 1. The first kappa shape index (κ1) is 15.1. The Morgan fingerprint density at radius 2 is 2.21 bits per heavy atom. The van der Waals surface area contributed by atoms with Gasteiger partial charge in [0.05, 0.1) is 29.3 Å². The zero-order valence-electron chi connectivity index (χ0n) is 12.9. The van der Waals surface area contributed by atoms with Gasteiger partial charge >= 0.3 is 0 Å². The lowest BCUT2D eigenvalue weighted by molar-refractivity contribution is 0.102. The maximum absolute atomic E-state index is 12.5. The van der Waals surface area contributed by atoms with Gasteiger partial charge in [-0.25, -0.2) is 4.98 Å². The van der Waals surface area contributed by atoms with E-state index in [1.54, 1.807) is 12.4 Å². The number of halogens is 1. The molecule has 0 unspecified atom stereocenters. The minimum atomic E-state index is -0.173. The molecular formula is C17H16BrN5O. The van der Waals surface area contributed by atoms with Crippen molar-refractivity contribution in [2.75, 3.05) is 5.32 Å². The fraction of sp³-hybridized carbons (Fsp3) is 0.235. The highest BCUT2D eigenvalue weighted by molar-refractivity contribution is 9.10. The van der Waals surface area contributed by atoms with Crippen LogP contribution in [0.5, 0.6) is 0 Å². The van der Waals surface area contributed by atoms with E-state index in [-0.39, 0.29) is 5.91 Å². The van der Waals surface area contributed by atoms with Crippen molar-refractivity contribution in [3.63, 3.8) is 0 Å². The maximum Gasteiger partial charge on any atom is 0.261 e. The smallest absolute Gasteiger partial charge is 0.261 e. The third-order valence-electron chi connectivity index (χ3n) is 4.17. The van der Waals surface area contributed by atoms with Crippen LogP contribution < -0.4 is 5.32 Å². The van der Waals surface area contributed by atoms with Crippen LogP contribution in [0.2, 0.25) is 0 Å². The van der Waals surface area contributed by atoms with E-state index in [9.17, 15) is 4.79 Å². The summed E-state index contributed by atoms with van der Waals surface area (Å²) in [6.45, 7) is 0.885. The number of amides is 1. The fourth-order valence-electron chi connectivity index (χ4n) is 2.97. The molecule has 0 saturated carbocycles. The van der Waals surface area contributed by atoms with E-state index < -0.39 is 0 Å². The predicted octanol–water partition coefficient (Wildman–Crippen LogP) is 3.62. The topological polar surface area (TPSA) is 75.6 Å². The van der Waals surface area contributed by atoms with Gasteiger partial charge in [0.2, 0.25) is 5.95 Å². The molecule has 1 aliphatic heterocycles. The molecule has 3 aromatic rings. The number of hydrogen-bond acceptors (Lipinski definition) is 3. The largest absolute Gasteiger partial charge is 0.324 e. The minimum Gasteiger partial charge on any atom is -0.324 e. The molecule has 0 aliphatic carbocycles. The second-order valence-electron chi connectivity index (χ2n) is 5.80. The van der Waals surface area contributed by atoms with Crippen molar-refractivity contribution in [2.45, 2.75) is 25.8 Å². The monoisotopic (exact) mass is 385 g/mol. The SMILES string of the molecule is O=C(Nc1ncc(-c2cccc(Br)c2)[nH]1)c1cnn2c1CCCC2. The third-order valence-corrected chi connectivity index (χ3v) is 4.66. The fourth-order valence-corrected chi connectivity index (χ4v) is 3.37. The van der Waals surface area contributed by atoms with Crippen LogP contribution in [0, 0.1) is 0 Å². The van der Waals surface area contributed by atoms with Crippen molar-refractivity contribution in [1.82, 2.24) is 19.7 Å². The number of hydrogen-bond donors (Lipinski definition) is 2. The lowest BCUT2D eigenvalue weighted by Gasteiger charge is -2.14. The first-order chi connectivity index (χ1) is 11.7. The number of nitrogens with one attached hydrogen (secondary N) is 2. The summed E-state index contributed by atoms with van der Waals surface area (Å²) in [6.07, 6.45) is 6.47. The second-order valence-corrected chi connectivity index (χ2v) is 6.71. The van der Waals surface area contributed by atoms with E-state index in [1.807, 2.05) is 28.9 Å². The van der Waals surface area contributed by atoms with Gasteiger partial charge in [-0.2, -0.15) is 5.10 Å². The molecule has 0 spiro atoms. The molecule has 4 rings (SSSR count). The number of aromatic nitrogens is 4. The quantitative estimate of drug-likeness (QED) is 0.722. The molecule has 3 heterocycles. The van der Waals surface area contributed by atoms with E-state index in [4.69, 9.17) is 0 Å². The normalized spacial score (nSPS) is 13.5. The molecule has 1 aromatic carbocycles. The van der Waals surface area contributed by atoms with Gasteiger partial charge in [-0.1, -0.05) is 28.1 Å². The maximum atomic E-state index is 12.5. The summed E-state index contributed by atoms with van der Waals surface area (Å²) in [5.41, 5.74) is 3.50. The summed E-state index contributed by atoms with van der Waals surface area (Å²) in [5, 5.41) is 7.13. The van der Waals surface area contributed by atoms with Crippen LogP contribution in [0.1, 0.15) is 28.9 Å². The minimum absolute atomic E-state index is 0.173. The summed E-state index contributed by atoms with van der Waals surface area (Å²) in [5.74, 6) is 0.263. The Balaban J connectivity index is 1.54. The van der Waals surface area contributed by atoms with Crippen molar-refractivity contribution in [3.05, 3.63) is 52.4 Å². The highest BCUT2D eigenvalue weighted by atomic mass is 79.9. The molecule has 7 heteroatoms. The number of H-pyrrole nitrogens is 1. The lowest BCUT2D eigenvalue weighted by Crippen LogP contribution is -2.18. The highest BCUT2D eigenvalue weighted by Crippen LogP contribution is 2.23. The van der Waals surface area contributed by atoms with Gasteiger partial charge in [0.15, 0.2) is 0 Å². The molecule has 1 amide bonds. The van der Waals surface area contributed by atoms with E-state index in [0.29, 0.717) is 11.5 Å². The van der Waals surface area contributed by atoms with Gasteiger partial charge in [-0.05, 0) is 31.4 Å². The molecule has 2 N–H and O–H groups in total. The van der Waals surface area contributed by atoms with Gasteiger partial charge < -0.3 is 4.98 Å². The first-order valence-corrected chi connectivity index (χ1v) is 8.67. The van der Waals surface area contributed by atoms with Crippen LogP contribution in [0.3, 0.4) is 0 Å². The average Bonchev–Trinajstić information content (AvgIpc) is 3.21. The van der Waals surface area contributed by atoms with Crippen molar-refractivity contribution in [1.29, 1.82) is 0 Å². The summed E-state index contributed by atoms with van der Waals surface area (Å²) >= 11 is 3.45. The van der Waals surface area contributed by atoms with Crippen molar-refractivity contribution in [3.8, 4) is 11.3 Å². The second kappa shape index (κ2) is 6.24. The standard InChI is InChI=1S/C17H16BrN5O/c18-12-5-3-4-11(8-12)14-10-19-17(21-14)22-16(24)13-9-20-23-7-2-1-6-15(13)23/h3-5,8-10H,1-2,6-7H2,(H2,19,21,22,24). The van der Waals surface area contributed by atoms with Crippen LogP contribution in [0.15, 0.2) is 41.1 Å². The van der Waals surface area contributed by atoms with Crippen LogP contribution >= 0.6 is 15.9 Å². The number of rotatable bonds is 3. The van der Waals surface area contributed by atoms with Crippen LogP contribution in [0.4, 0.5) is 5.95 Å². The number of carbonyl (C=O) groups is 1. The summed E-state index contributed by atoms with van der Waals surface area (Å²) in [7, 11) is 0. The molecule has 0 bridgehead atoms. The van der Waals surface area contributed by atoms with Crippen molar-refractivity contribution >= 4 is 27.8 Å². The molecule has 0 saturated heterocycles. The summed E-state index contributed by atoms with van der Waals surface area (Å²) < 4.78 is 2.92. The Bertz CT molecular complexity index is 898. The highest BCUT2D eigenvalue weighted by Gasteiger charge is 2.20.